The molecule has 0 spiro atoms. The van der Waals surface area contributed by atoms with Crippen LogP contribution in [0.3, 0.4) is 0 Å². The van der Waals surface area contributed by atoms with E-state index in [1.807, 2.05) is 29.3 Å². The molecule has 1 saturated heterocycles. The van der Waals surface area contributed by atoms with Crippen molar-refractivity contribution in [3.63, 3.8) is 0 Å². The van der Waals surface area contributed by atoms with Crippen LogP contribution in [0.1, 0.15) is 27.6 Å². The maximum Gasteiger partial charge on any atom is 0.333 e. The van der Waals surface area contributed by atoms with Crippen molar-refractivity contribution in [1.82, 2.24) is 35.7 Å². The van der Waals surface area contributed by atoms with Gasteiger partial charge in [-0.1, -0.05) is 17.3 Å². The van der Waals surface area contributed by atoms with E-state index in [0.717, 1.165) is 31.7 Å². The van der Waals surface area contributed by atoms with Crippen LogP contribution in [-0.4, -0.2) is 75.3 Å². The molecular formula is C26H26N8O4. The first-order chi connectivity index (χ1) is 18.5. The number of carbonyl (C=O) groups excluding carboxylic acids is 2. The molecule has 2 aromatic heterocycles. The molecule has 2 aliphatic rings. The summed E-state index contributed by atoms with van der Waals surface area (Å²) in [6.07, 6.45) is 0. The Morgan fingerprint density at radius 1 is 1.11 bits per heavy atom. The Balaban J connectivity index is 1.18. The molecule has 12 nitrogen and oxygen atoms in total. The number of amides is 2. The fourth-order valence-corrected chi connectivity index (χ4v) is 4.67. The Hall–Kier alpha value is -4.55. The lowest BCUT2D eigenvalue weighted by Gasteiger charge is -2.32. The number of hydrazine groups is 1. The number of nitrogens with one attached hydrogen (secondary N) is 3. The van der Waals surface area contributed by atoms with Crippen LogP contribution in [-0.2, 0) is 6.61 Å². The molecule has 2 amide bonds. The summed E-state index contributed by atoms with van der Waals surface area (Å²) in [6.45, 7) is 5.10. The first kappa shape index (κ1) is 23.8. The van der Waals surface area contributed by atoms with E-state index < -0.39 is 0 Å². The van der Waals surface area contributed by atoms with Gasteiger partial charge in [0.25, 0.3) is 5.89 Å². The molecule has 1 fully saturated rings. The van der Waals surface area contributed by atoms with Crippen LogP contribution in [0.5, 0.6) is 5.75 Å². The molecule has 4 aromatic rings. The number of aryl methyl sites for hydroxylation is 1. The van der Waals surface area contributed by atoms with Gasteiger partial charge >= 0.3 is 6.03 Å². The van der Waals surface area contributed by atoms with Crippen molar-refractivity contribution in [2.75, 3.05) is 38.5 Å². The number of aromatic amines is 1. The molecule has 1 aliphatic carbocycles. The van der Waals surface area contributed by atoms with Crippen molar-refractivity contribution in [3.8, 4) is 28.3 Å². The number of ether oxygens (including phenoxy) is 1. The number of anilines is 1. The van der Waals surface area contributed by atoms with Crippen molar-refractivity contribution in [3.05, 3.63) is 65.3 Å². The number of rotatable bonds is 6. The van der Waals surface area contributed by atoms with Gasteiger partial charge in [-0.25, -0.2) is 9.80 Å². The number of piperazine rings is 1. The topological polar surface area (TPSA) is 142 Å². The van der Waals surface area contributed by atoms with Gasteiger partial charge in [0.2, 0.25) is 0 Å². The normalized spacial score (nSPS) is 15.3. The molecule has 2 aromatic carbocycles. The number of benzene rings is 2. The first-order valence-electron chi connectivity index (χ1n) is 12.3. The molecule has 0 atom stereocenters. The maximum absolute atomic E-state index is 13.6. The van der Waals surface area contributed by atoms with E-state index >= 15 is 0 Å². The molecule has 0 unspecified atom stereocenters. The SMILES string of the molecule is Cc1noc(COc2ccc(-c3n[nH]c4c3C(=O)c3c(NC(=O)NN5CCN(C)CC5)cccc3-4)cc2)n1. The molecule has 0 bridgehead atoms. The minimum atomic E-state index is -0.379. The second-order valence-corrected chi connectivity index (χ2v) is 9.28. The zero-order valence-electron chi connectivity index (χ0n) is 20.9. The minimum absolute atomic E-state index is 0.157. The molecule has 6 rings (SSSR count). The van der Waals surface area contributed by atoms with E-state index in [4.69, 9.17) is 9.26 Å². The summed E-state index contributed by atoms with van der Waals surface area (Å²) in [5.74, 6) is 1.36. The Morgan fingerprint density at radius 2 is 1.89 bits per heavy atom. The van der Waals surface area contributed by atoms with Crippen LogP contribution in [0.25, 0.3) is 22.5 Å². The molecule has 3 heterocycles. The zero-order valence-corrected chi connectivity index (χ0v) is 20.9. The third kappa shape index (κ3) is 4.51. The number of H-pyrrole nitrogens is 1. The number of hydrogen-bond donors (Lipinski definition) is 3. The summed E-state index contributed by atoms with van der Waals surface area (Å²) in [5.41, 5.74) is 6.88. The van der Waals surface area contributed by atoms with Gasteiger partial charge in [0.15, 0.2) is 18.2 Å². The fraction of sp³-hybridized carbons (Fsp3) is 0.269. The van der Waals surface area contributed by atoms with E-state index in [2.05, 4.69) is 43.0 Å². The fourth-order valence-electron chi connectivity index (χ4n) is 4.67. The van der Waals surface area contributed by atoms with Crippen molar-refractivity contribution in [2.24, 2.45) is 0 Å². The van der Waals surface area contributed by atoms with Gasteiger partial charge < -0.3 is 19.5 Å². The number of likely N-dealkylation sites (N-methyl/N-ethyl adjacent to an activating group) is 1. The van der Waals surface area contributed by atoms with E-state index in [1.165, 1.54) is 0 Å². The second-order valence-electron chi connectivity index (χ2n) is 9.28. The molecule has 0 radical (unpaired) electrons. The average Bonchev–Trinajstić information content (AvgIpc) is 3.61. The summed E-state index contributed by atoms with van der Waals surface area (Å²) >= 11 is 0. The molecule has 194 valence electrons. The highest BCUT2D eigenvalue weighted by Gasteiger charge is 2.35. The Morgan fingerprint density at radius 3 is 2.63 bits per heavy atom. The van der Waals surface area contributed by atoms with Gasteiger partial charge in [0.05, 0.1) is 22.5 Å². The summed E-state index contributed by atoms with van der Waals surface area (Å²) in [5, 5.41) is 15.9. The Kier molecular flexibility index (Phi) is 6.10. The lowest BCUT2D eigenvalue weighted by atomic mass is 10.0. The molecule has 1 aliphatic heterocycles. The number of aromatic nitrogens is 4. The molecule has 3 N–H and O–H groups in total. The van der Waals surface area contributed by atoms with Gasteiger partial charge in [-0.15, -0.1) is 0 Å². The quantitative estimate of drug-likeness (QED) is 0.312. The van der Waals surface area contributed by atoms with Gasteiger partial charge in [-0.3, -0.25) is 15.3 Å². The van der Waals surface area contributed by atoms with E-state index in [1.54, 1.807) is 25.1 Å². The Labute approximate surface area is 217 Å². The van der Waals surface area contributed by atoms with Crippen LogP contribution in [0.2, 0.25) is 0 Å². The summed E-state index contributed by atoms with van der Waals surface area (Å²) in [7, 11) is 2.05. The monoisotopic (exact) mass is 514 g/mol. The number of carbonyl (C=O) groups is 2. The van der Waals surface area contributed by atoms with E-state index in [0.29, 0.717) is 51.2 Å². The third-order valence-electron chi connectivity index (χ3n) is 6.63. The van der Waals surface area contributed by atoms with Crippen LogP contribution in [0.15, 0.2) is 47.0 Å². The van der Waals surface area contributed by atoms with Crippen LogP contribution in [0.4, 0.5) is 10.5 Å². The number of hydrogen-bond acceptors (Lipinski definition) is 9. The van der Waals surface area contributed by atoms with Gasteiger partial charge in [-0.05, 0) is 44.3 Å². The van der Waals surface area contributed by atoms with Crippen LogP contribution >= 0.6 is 0 Å². The van der Waals surface area contributed by atoms with Gasteiger partial charge in [0, 0.05) is 37.3 Å². The summed E-state index contributed by atoms with van der Waals surface area (Å²) < 4.78 is 10.8. The van der Waals surface area contributed by atoms with Crippen LogP contribution < -0.4 is 15.5 Å². The summed E-state index contributed by atoms with van der Waals surface area (Å²) in [6, 6.07) is 12.3. The van der Waals surface area contributed by atoms with E-state index in [9.17, 15) is 9.59 Å². The summed E-state index contributed by atoms with van der Waals surface area (Å²) in [4.78, 5) is 32.6. The smallest absolute Gasteiger partial charge is 0.333 e. The third-order valence-corrected chi connectivity index (χ3v) is 6.63. The van der Waals surface area contributed by atoms with Crippen molar-refractivity contribution in [2.45, 2.75) is 13.5 Å². The predicted molar refractivity (Wildman–Crippen MR) is 137 cm³/mol. The van der Waals surface area contributed by atoms with Gasteiger partial charge in [0.1, 0.15) is 11.4 Å². The standard InChI is InChI=1S/C26H26N8O4/c1-15-27-20(38-32-15)14-37-17-8-6-16(7-9-17)23-22-24(30-29-23)18-4-3-5-19(21(18)25(22)35)28-26(36)31-34-12-10-33(2)11-13-34/h3-9H,10-14H2,1-2H3,(H,29,30)(H2,28,31,36). The highest BCUT2D eigenvalue weighted by atomic mass is 16.5. The Bertz CT molecular complexity index is 1500. The predicted octanol–water partition coefficient (Wildman–Crippen LogP) is 2.84. The molecule has 0 saturated carbocycles. The van der Waals surface area contributed by atoms with Crippen molar-refractivity contribution < 1.29 is 18.8 Å². The lowest BCUT2D eigenvalue weighted by molar-refractivity contribution is 0.104. The molecule has 38 heavy (non-hydrogen) atoms. The van der Waals surface area contributed by atoms with Crippen molar-refractivity contribution >= 4 is 17.5 Å². The average molecular weight is 515 g/mol. The number of fused-ring (bicyclic) bond motifs is 3. The minimum Gasteiger partial charge on any atom is -0.484 e. The van der Waals surface area contributed by atoms with Crippen molar-refractivity contribution in [1.29, 1.82) is 0 Å². The lowest BCUT2D eigenvalue weighted by Crippen LogP contribution is -2.53. The second kappa shape index (κ2) is 9.72. The highest BCUT2D eigenvalue weighted by Crippen LogP contribution is 2.43. The molecule has 12 heteroatoms. The maximum atomic E-state index is 13.6. The largest absolute Gasteiger partial charge is 0.484 e. The highest BCUT2D eigenvalue weighted by molar-refractivity contribution is 6.26. The zero-order chi connectivity index (χ0) is 26.2. The number of urea groups is 1. The van der Waals surface area contributed by atoms with E-state index in [-0.39, 0.29) is 18.4 Å². The molecular weight excluding hydrogens is 488 g/mol. The number of nitrogens with zero attached hydrogens (tertiary/aromatic N) is 5. The number of ketones is 1. The van der Waals surface area contributed by atoms with Crippen LogP contribution in [0, 0.1) is 6.92 Å². The van der Waals surface area contributed by atoms with Gasteiger partial charge in [-0.2, -0.15) is 10.1 Å². The first-order valence-corrected chi connectivity index (χ1v) is 12.3.